The molecular weight excluding hydrogens is 457 g/mol. The number of hydrogen-bond donors (Lipinski definition) is 2. The second-order valence-electron chi connectivity index (χ2n) is 5.23. The van der Waals surface area contributed by atoms with Crippen molar-refractivity contribution in [1.82, 2.24) is 20.8 Å². The van der Waals surface area contributed by atoms with Crippen LogP contribution in [0.3, 0.4) is 0 Å². The Morgan fingerprint density at radius 3 is 2.88 bits per heavy atom. The molecule has 0 aliphatic rings. The molecule has 0 atom stereocenters. The maximum atomic E-state index is 5.30. The van der Waals surface area contributed by atoms with Crippen LogP contribution in [0.5, 0.6) is 0 Å². The number of thioether (sulfide) groups is 1. The van der Waals surface area contributed by atoms with Crippen LogP contribution in [0, 0.1) is 0 Å². The Morgan fingerprint density at radius 1 is 1.42 bits per heavy atom. The third-order valence-corrected chi connectivity index (χ3v) is 5.12. The lowest BCUT2D eigenvalue weighted by Gasteiger charge is -2.10. The van der Waals surface area contributed by atoms with Crippen molar-refractivity contribution in [1.29, 1.82) is 0 Å². The number of guanidine groups is 1. The second-order valence-corrected chi connectivity index (χ2v) is 7.46. The van der Waals surface area contributed by atoms with E-state index in [2.05, 4.69) is 39.6 Å². The lowest BCUT2D eigenvalue weighted by Crippen LogP contribution is -2.37. The quantitative estimate of drug-likeness (QED) is 0.197. The van der Waals surface area contributed by atoms with Crippen LogP contribution < -0.4 is 10.6 Å². The number of hydrogen-bond acceptors (Lipinski definition) is 6. The molecule has 0 bridgehead atoms. The summed E-state index contributed by atoms with van der Waals surface area (Å²) in [6.45, 7) is 5.64. The number of rotatable bonds is 8. The summed E-state index contributed by atoms with van der Waals surface area (Å²) in [7, 11) is 1.76. The number of nitrogens with one attached hydrogen (secondary N) is 2. The summed E-state index contributed by atoms with van der Waals surface area (Å²) in [5, 5.41) is 12.6. The first-order chi connectivity index (χ1) is 11.2. The molecule has 0 fully saturated rings. The average molecular weight is 481 g/mol. The Morgan fingerprint density at radius 2 is 2.25 bits per heavy atom. The summed E-state index contributed by atoms with van der Waals surface area (Å²) in [5.74, 6) is 3.00. The first kappa shape index (κ1) is 21.2. The van der Waals surface area contributed by atoms with E-state index in [1.807, 2.05) is 17.6 Å². The molecule has 0 aromatic carbocycles. The Balaban J connectivity index is 0.00000288. The van der Waals surface area contributed by atoms with Crippen molar-refractivity contribution in [3.63, 3.8) is 0 Å². The number of nitrogens with zero attached hydrogens (tertiary/aromatic N) is 3. The zero-order valence-corrected chi connectivity index (χ0v) is 18.1. The fourth-order valence-corrected chi connectivity index (χ4v) is 3.44. The third-order valence-electron chi connectivity index (χ3n) is 3.07. The Hall–Kier alpha value is -0.810. The monoisotopic (exact) mass is 481 g/mol. The molecule has 2 aromatic heterocycles. The molecule has 134 valence electrons. The smallest absolute Gasteiger partial charge is 0.191 e. The predicted molar refractivity (Wildman–Crippen MR) is 112 cm³/mol. The van der Waals surface area contributed by atoms with Crippen LogP contribution in [0.1, 0.15) is 37.6 Å². The minimum absolute atomic E-state index is 0. The van der Waals surface area contributed by atoms with E-state index in [0.29, 0.717) is 12.5 Å². The van der Waals surface area contributed by atoms with Gasteiger partial charge in [-0.2, -0.15) is 0 Å². The first-order valence-electron chi connectivity index (χ1n) is 7.61. The molecule has 0 aliphatic heterocycles. The second kappa shape index (κ2) is 11.7. The van der Waals surface area contributed by atoms with E-state index in [4.69, 9.17) is 4.52 Å². The summed E-state index contributed by atoms with van der Waals surface area (Å²) in [5.41, 5.74) is 0.976. The molecule has 0 unspecified atom stereocenters. The third kappa shape index (κ3) is 7.39. The molecule has 0 spiro atoms. The van der Waals surface area contributed by atoms with E-state index in [9.17, 15) is 0 Å². The highest BCUT2D eigenvalue weighted by Gasteiger charge is 2.08. The van der Waals surface area contributed by atoms with Crippen LogP contribution in [0.2, 0.25) is 0 Å². The van der Waals surface area contributed by atoms with Crippen molar-refractivity contribution in [3.05, 3.63) is 29.1 Å². The van der Waals surface area contributed by atoms with Crippen molar-refractivity contribution < 1.29 is 4.52 Å². The fourth-order valence-electron chi connectivity index (χ4n) is 1.80. The van der Waals surface area contributed by atoms with Gasteiger partial charge in [0.2, 0.25) is 0 Å². The normalized spacial score (nSPS) is 11.4. The van der Waals surface area contributed by atoms with E-state index < -0.39 is 0 Å². The van der Waals surface area contributed by atoms with Crippen LogP contribution >= 0.6 is 47.1 Å². The number of aliphatic imine (C=N–C) groups is 1. The highest BCUT2D eigenvalue weighted by Crippen LogP contribution is 2.20. The minimum atomic E-state index is 0. The topological polar surface area (TPSA) is 75.3 Å². The highest BCUT2D eigenvalue weighted by molar-refractivity contribution is 14.0. The van der Waals surface area contributed by atoms with Crippen molar-refractivity contribution in [2.24, 2.45) is 4.99 Å². The molecule has 0 amide bonds. The van der Waals surface area contributed by atoms with Crippen molar-refractivity contribution in [2.75, 3.05) is 19.3 Å². The van der Waals surface area contributed by atoms with Gasteiger partial charge in [0.25, 0.3) is 0 Å². The van der Waals surface area contributed by atoms with Gasteiger partial charge in [-0.3, -0.25) is 4.99 Å². The van der Waals surface area contributed by atoms with Crippen LogP contribution in [-0.4, -0.2) is 35.4 Å². The van der Waals surface area contributed by atoms with Gasteiger partial charge in [-0.15, -0.1) is 35.3 Å². The molecular formula is C15H24IN5OS2. The van der Waals surface area contributed by atoms with Crippen LogP contribution in [0.4, 0.5) is 0 Å². The van der Waals surface area contributed by atoms with Gasteiger partial charge in [-0.1, -0.05) is 30.8 Å². The van der Waals surface area contributed by atoms with Gasteiger partial charge in [-0.25, -0.2) is 4.98 Å². The van der Waals surface area contributed by atoms with Gasteiger partial charge in [0.1, 0.15) is 4.34 Å². The summed E-state index contributed by atoms with van der Waals surface area (Å²) in [6.07, 6.45) is 2.88. The molecule has 2 rings (SSSR count). The molecule has 24 heavy (non-hydrogen) atoms. The summed E-state index contributed by atoms with van der Waals surface area (Å²) in [4.78, 5) is 8.46. The molecule has 0 saturated heterocycles. The molecule has 2 N–H and O–H groups in total. The lowest BCUT2D eigenvalue weighted by atomic mass is 10.1. The van der Waals surface area contributed by atoms with Crippen molar-refractivity contribution >= 4 is 53.0 Å². The molecule has 0 radical (unpaired) electrons. The van der Waals surface area contributed by atoms with Gasteiger partial charge >= 0.3 is 0 Å². The largest absolute Gasteiger partial charge is 0.359 e. The highest BCUT2D eigenvalue weighted by atomic mass is 127. The maximum Gasteiger partial charge on any atom is 0.191 e. The molecule has 2 heterocycles. The lowest BCUT2D eigenvalue weighted by molar-refractivity contribution is 0.372. The van der Waals surface area contributed by atoms with Crippen LogP contribution in [-0.2, 0) is 6.54 Å². The van der Waals surface area contributed by atoms with Crippen LogP contribution in [0.25, 0.3) is 0 Å². The van der Waals surface area contributed by atoms with Gasteiger partial charge in [0.15, 0.2) is 11.7 Å². The predicted octanol–water partition coefficient (Wildman–Crippen LogP) is 3.72. The van der Waals surface area contributed by atoms with E-state index in [1.165, 1.54) is 0 Å². The van der Waals surface area contributed by atoms with Gasteiger partial charge in [-0.05, 0) is 12.3 Å². The standard InChI is InChI=1S/C15H23N5OS2.HI/c1-11(2)13-9-12(21-20-13)10-19-14(16-3)17-5-4-7-22-15-18-6-8-23-15;/h6,8-9,11H,4-5,7,10H2,1-3H3,(H2,16,17,19);1H. The molecule has 0 saturated carbocycles. The number of halogens is 1. The Kier molecular flexibility index (Phi) is 10.3. The van der Waals surface area contributed by atoms with Gasteiger partial charge in [0.05, 0.1) is 12.2 Å². The number of thiazole rings is 1. The minimum Gasteiger partial charge on any atom is -0.359 e. The molecule has 2 aromatic rings. The summed E-state index contributed by atoms with van der Waals surface area (Å²) in [6, 6.07) is 1.98. The van der Waals surface area contributed by atoms with E-state index in [0.717, 1.165) is 40.5 Å². The van der Waals surface area contributed by atoms with Gasteiger partial charge < -0.3 is 15.2 Å². The maximum absolute atomic E-state index is 5.30. The zero-order chi connectivity index (χ0) is 16.5. The van der Waals surface area contributed by atoms with E-state index in [1.54, 1.807) is 30.1 Å². The Labute approximate surface area is 168 Å². The van der Waals surface area contributed by atoms with Crippen LogP contribution in [0.15, 0.2) is 31.5 Å². The molecule has 0 aliphatic carbocycles. The SMILES string of the molecule is CN=C(NCCCSc1nccs1)NCc1cc(C(C)C)no1.I. The summed E-state index contributed by atoms with van der Waals surface area (Å²) >= 11 is 3.47. The first-order valence-corrected chi connectivity index (χ1v) is 9.48. The van der Waals surface area contributed by atoms with E-state index >= 15 is 0 Å². The van der Waals surface area contributed by atoms with Crippen molar-refractivity contribution in [3.8, 4) is 0 Å². The fraction of sp³-hybridized carbons (Fsp3) is 0.533. The molecule has 9 heteroatoms. The van der Waals surface area contributed by atoms with Crippen molar-refractivity contribution in [2.45, 2.75) is 37.1 Å². The van der Waals surface area contributed by atoms with E-state index in [-0.39, 0.29) is 24.0 Å². The number of aromatic nitrogens is 2. The van der Waals surface area contributed by atoms with Gasteiger partial charge in [0, 0.05) is 37.0 Å². The average Bonchev–Trinajstić information content (AvgIpc) is 3.21. The molecule has 6 nitrogen and oxygen atoms in total. The zero-order valence-electron chi connectivity index (χ0n) is 14.1. The summed E-state index contributed by atoms with van der Waals surface area (Å²) < 4.78 is 6.42. The Bertz CT molecular complexity index is 601.